The van der Waals surface area contributed by atoms with Crippen molar-refractivity contribution in [2.75, 3.05) is 13.7 Å². The standard InChI is InChI=1S/C20H27NO5/c1-12(2)20(4,24)11-21-18(22)9-8-16-13(3)15-7-6-14(25-5)10-17(15)26-19(16)23/h6-7,10,12,24H,8-9,11H2,1-5H3,(H,21,22)/t20-/m0/s1. The van der Waals surface area contributed by atoms with Gasteiger partial charge in [-0.25, -0.2) is 4.79 Å². The lowest BCUT2D eigenvalue weighted by Gasteiger charge is -2.27. The van der Waals surface area contributed by atoms with Gasteiger partial charge < -0.3 is 19.6 Å². The molecule has 0 aliphatic heterocycles. The molecule has 1 heterocycles. The molecule has 26 heavy (non-hydrogen) atoms. The molecule has 0 unspecified atom stereocenters. The number of benzene rings is 1. The van der Waals surface area contributed by atoms with Crippen LogP contribution in [0.2, 0.25) is 0 Å². The van der Waals surface area contributed by atoms with Gasteiger partial charge in [-0.05, 0) is 43.9 Å². The summed E-state index contributed by atoms with van der Waals surface area (Å²) in [4.78, 5) is 24.4. The van der Waals surface area contributed by atoms with Gasteiger partial charge in [-0.15, -0.1) is 0 Å². The quantitative estimate of drug-likeness (QED) is 0.740. The minimum absolute atomic E-state index is 0.0227. The Morgan fingerprint density at radius 1 is 1.38 bits per heavy atom. The number of amides is 1. The average Bonchev–Trinajstić information content (AvgIpc) is 2.59. The molecule has 0 aliphatic carbocycles. The van der Waals surface area contributed by atoms with Gasteiger partial charge in [-0.1, -0.05) is 13.8 Å². The van der Waals surface area contributed by atoms with E-state index in [-0.39, 0.29) is 31.2 Å². The van der Waals surface area contributed by atoms with Crippen molar-refractivity contribution in [2.45, 2.75) is 46.1 Å². The first kappa shape index (κ1) is 20.0. The number of aliphatic hydroxyl groups is 1. The second-order valence-corrected chi connectivity index (χ2v) is 7.14. The predicted molar refractivity (Wildman–Crippen MR) is 101 cm³/mol. The van der Waals surface area contributed by atoms with E-state index >= 15 is 0 Å². The third-order valence-corrected chi connectivity index (χ3v) is 4.98. The minimum atomic E-state index is -0.966. The van der Waals surface area contributed by atoms with Crippen molar-refractivity contribution in [1.82, 2.24) is 5.32 Å². The number of carbonyl (C=O) groups excluding carboxylic acids is 1. The molecule has 1 amide bonds. The highest BCUT2D eigenvalue weighted by molar-refractivity contribution is 5.82. The number of fused-ring (bicyclic) bond motifs is 1. The van der Waals surface area contributed by atoms with Crippen molar-refractivity contribution in [1.29, 1.82) is 0 Å². The molecule has 1 aromatic heterocycles. The first-order chi connectivity index (χ1) is 12.2. The van der Waals surface area contributed by atoms with E-state index < -0.39 is 11.2 Å². The number of hydrogen-bond donors (Lipinski definition) is 2. The SMILES string of the molecule is COc1ccc2c(C)c(CCC(=O)NC[C@](C)(O)C(C)C)c(=O)oc2c1. The molecule has 0 fully saturated rings. The highest BCUT2D eigenvalue weighted by atomic mass is 16.5. The van der Waals surface area contributed by atoms with Crippen LogP contribution in [-0.2, 0) is 11.2 Å². The Labute approximate surface area is 153 Å². The summed E-state index contributed by atoms with van der Waals surface area (Å²) in [6.45, 7) is 7.50. The predicted octanol–water partition coefficient (Wildman–Crippen LogP) is 2.57. The van der Waals surface area contributed by atoms with Crippen molar-refractivity contribution >= 4 is 16.9 Å². The van der Waals surface area contributed by atoms with Gasteiger partial charge in [-0.3, -0.25) is 4.79 Å². The van der Waals surface area contributed by atoms with Crippen LogP contribution >= 0.6 is 0 Å². The van der Waals surface area contributed by atoms with Crippen LogP contribution in [0.1, 0.15) is 38.3 Å². The van der Waals surface area contributed by atoms with E-state index in [1.54, 1.807) is 26.2 Å². The van der Waals surface area contributed by atoms with E-state index in [4.69, 9.17) is 9.15 Å². The average molecular weight is 361 g/mol. The second-order valence-electron chi connectivity index (χ2n) is 7.14. The zero-order valence-electron chi connectivity index (χ0n) is 16.0. The van der Waals surface area contributed by atoms with Crippen LogP contribution in [0.3, 0.4) is 0 Å². The van der Waals surface area contributed by atoms with Gasteiger partial charge in [0.05, 0.1) is 12.7 Å². The fourth-order valence-electron chi connectivity index (χ4n) is 2.60. The normalized spacial score (nSPS) is 13.7. The summed E-state index contributed by atoms with van der Waals surface area (Å²) < 4.78 is 10.5. The molecule has 6 nitrogen and oxygen atoms in total. The smallest absolute Gasteiger partial charge is 0.339 e. The maximum atomic E-state index is 12.3. The molecule has 0 radical (unpaired) electrons. The highest BCUT2D eigenvalue weighted by Crippen LogP contribution is 2.24. The largest absolute Gasteiger partial charge is 0.497 e. The van der Waals surface area contributed by atoms with E-state index in [9.17, 15) is 14.7 Å². The van der Waals surface area contributed by atoms with E-state index in [2.05, 4.69) is 5.32 Å². The molecule has 0 saturated carbocycles. The van der Waals surface area contributed by atoms with Crippen LogP contribution in [0.5, 0.6) is 5.75 Å². The molecule has 2 N–H and O–H groups in total. The summed E-state index contributed by atoms with van der Waals surface area (Å²) in [6, 6.07) is 5.32. The number of ether oxygens (including phenoxy) is 1. The fourth-order valence-corrected chi connectivity index (χ4v) is 2.60. The molecule has 2 rings (SSSR count). The highest BCUT2D eigenvalue weighted by Gasteiger charge is 2.25. The second kappa shape index (κ2) is 7.91. The molecule has 1 aromatic carbocycles. The first-order valence-corrected chi connectivity index (χ1v) is 8.75. The summed E-state index contributed by atoms with van der Waals surface area (Å²) in [5.74, 6) is 0.429. The summed E-state index contributed by atoms with van der Waals surface area (Å²) in [5, 5.41) is 13.7. The Morgan fingerprint density at radius 2 is 2.08 bits per heavy atom. The third kappa shape index (κ3) is 4.43. The summed E-state index contributed by atoms with van der Waals surface area (Å²) in [7, 11) is 1.55. The van der Waals surface area contributed by atoms with E-state index in [0.29, 0.717) is 16.9 Å². The van der Waals surface area contributed by atoms with Crippen molar-refractivity contribution < 1.29 is 19.1 Å². The van der Waals surface area contributed by atoms with Crippen LogP contribution in [0.25, 0.3) is 11.0 Å². The van der Waals surface area contributed by atoms with E-state index in [1.807, 2.05) is 26.8 Å². The minimum Gasteiger partial charge on any atom is -0.497 e. The summed E-state index contributed by atoms with van der Waals surface area (Å²) in [6.07, 6.45) is 0.438. The number of rotatable bonds is 7. The molecule has 2 aromatic rings. The van der Waals surface area contributed by atoms with Crippen LogP contribution in [-0.4, -0.2) is 30.3 Å². The van der Waals surface area contributed by atoms with Crippen LogP contribution in [0.4, 0.5) is 0 Å². The van der Waals surface area contributed by atoms with Gasteiger partial charge >= 0.3 is 5.63 Å². The number of aryl methyl sites for hydroxylation is 1. The van der Waals surface area contributed by atoms with Gasteiger partial charge in [0.1, 0.15) is 11.3 Å². The topological polar surface area (TPSA) is 88.8 Å². The van der Waals surface area contributed by atoms with E-state index in [1.165, 1.54) is 0 Å². The maximum Gasteiger partial charge on any atom is 0.339 e. The number of hydrogen-bond acceptors (Lipinski definition) is 5. The molecule has 0 bridgehead atoms. The Balaban J connectivity index is 2.11. The molecule has 0 aliphatic rings. The van der Waals surface area contributed by atoms with Gasteiger partial charge in [0.2, 0.25) is 5.91 Å². The summed E-state index contributed by atoms with van der Waals surface area (Å²) >= 11 is 0. The van der Waals surface area contributed by atoms with Crippen LogP contribution in [0, 0.1) is 12.8 Å². The molecule has 0 saturated heterocycles. The first-order valence-electron chi connectivity index (χ1n) is 8.75. The molecule has 1 atom stereocenters. The zero-order chi connectivity index (χ0) is 19.5. The monoisotopic (exact) mass is 361 g/mol. The Morgan fingerprint density at radius 3 is 2.69 bits per heavy atom. The van der Waals surface area contributed by atoms with Gasteiger partial charge in [0, 0.05) is 30.0 Å². The summed E-state index contributed by atoms with van der Waals surface area (Å²) in [5.41, 5.74) is 0.361. The Bertz CT molecular complexity index is 851. The van der Waals surface area contributed by atoms with Crippen molar-refractivity contribution in [2.24, 2.45) is 5.92 Å². The Kier molecular flexibility index (Phi) is 6.08. The van der Waals surface area contributed by atoms with Crippen LogP contribution in [0.15, 0.2) is 27.4 Å². The molecule has 0 spiro atoms. The van der Waals surface area contributed by atoms with Crippen LogP contribution < -0.4 is 15.7 Å². The van der Waals surface area contributed by atoms with Gasteiger partial charge in [0.25, 0.3) is 0 Å². The zero-order valence-corrected chi connectivity index (χ0v) is 16.0. The third-order valence-electron chi connectivity index (χ3n) is 4.98. The lowest BCUT2D eigenvalue weighted by Crippen LogP contribution is -2.44. The number of carbonyl (C=O) groups is 1. The molecular weight excluding hydrogens is 334 g/mol. The van der Waals surface area contributed by atoms with Gasteiger partial charge in [-0.2, -0.15) is 0 Å². The Hall–Kier alpha value is -2.34. The van der Waals surface area contributed by atoms with Crippen molar-refractivity contribution in [3.05, 3.63) is 39.7 Å². The maximum absolute atomic E-state index is 12.3. The van der Waals surface area contributed by atoms with Crippen molar-refractivity contribution in [3.8, 4) is 5.75 Å². The van der Waals surface area contributed by atoms with Crippen molar-refractivity contribution in [3.63, 3.8) is 0 Å². The lowest BCUT2D eigenvalue weighted by molar-refractivity contribution is -0.122. The van der Waals surface area contributed by atoms with E-state index in [0.717, 1.165) is 10.9 Å². The number of methoxy groups -OCH3 is 1. The molecule has 142 valence electrons. The number of nitrogens with one attached hydrogen (secondary N) is 1. The fraction of sp³-hybridized carbons (Fsp3) is 0.500. The van der Waals surface area contributed by atoms with Gasteiger partial charge in [0.15, 0.2) is 0 Å². The lowest BCUT2D eigenvalue weighted by atomic mass is 9.92. The molecule has 6 heteroatoms. The molecular formula is C20H27NO5.